The van der Waals surface area contributed by atoms with E-state index >= 15 is 0 Å². The van der Waals surface area contributed by atoms with Gasteiger partial charge in [0.2, 0.25) is 0 Å². The zero-order chi connectivity index (χ0) is 18.4. The zero-order valence-electron chi connectivity index (χ0n) is 15.5. The number of allylic oxidation sites excluding steroid dienone is 1. The molecule has 1 fully saturated rings. The minimum absolute atomic E-state index is 0.0742. The number of hydrogen-bond donors (Lipinski definition) is 1. The molecule has 4 rings (SSSR count). The van der Waals surface area contributed by atoms with Crippen molar-refractivity contribution in [3.05, 3.63) is 34.7 Å². The van der Waals surface area contributed by atoms with Gasteiger partial charge >= 0.3 is 6.09 Å². The number of hydroxylamine groups is 2. The Morgan fingerprint density at radius 2 is 2.23 bits per heavy atom. The van der Waals surface area contributed by atoms with Gasteiger partial charge in [0.05, 0.1) is 30.9 Å². The van der Waals surface area contributed by atoms with Crippen LogP contribution in [0.4, 0.5) is 4.79 Å². The normalized spacial score (nSPS) is 22.0. The van der Waals surface area contributed by atoms with Crippen LogP contribution in [0.5, 0.6) is 0 Å². The van der Waals surface area contributed by atoms with Gasteiger partial charge in [-0.15, -0.1) is 0 Å². The predicted octanol–water partition coefficient (Wildman–Crippen LogP) is 2.36. The van der Waals surface area contributed by atoms with Crippen molar-refractivity contribution in [2.75, 3.05) is 26.9 Å². The highest BCUT2D eigenvalue weighted by molar-refractivity contribution is 5.83. The molecule has 3 heterocycles. The molecule has 1 saturated carbocycles. The van der Waals surface area contributed by atoms with Gasteiger partial charge in [0.25, 0.3) is 0 Å². The summed E-state index contributed by atoms with van der Waals surface area (Å²) in [4.78, 5) is 28.0. The van der Waals surface area contributed by atoms with E-state index in [1.165, 1.54) is 4.90 Å². The molecule has 0 aromatic heterocycles. The van der Waals surface area contributed by atoms with Crippen molar-refractivity contribution in [1.29, 1.82) is 0 Å². The van der Waals surface area contributed by atoms with Crippen LogP contribution in [-0.4, -0.2) is 70.1 Å². The van der Waals surface area contributed by atoms with Crippen LogP contribution in [0.2, 0.25) is 0 Å². The van der Waals surface area contributed by atoms with Gasteiger partial charge in [0, 0.05) is 19.1 Å². The maximum absolute atomic E-state index is 12.0. The Morgan fingerprint density at radius 1 is 1.46 bits per heavy atom. The quantitative estimate of drug-likeness (QED) is 0.812. The van der Waals surface area contributed by atoms with Crippen LogP contribution in [-0.2, 0) is 4.84 Å². The van der Waals surface area contributed by atoms with E-state index in [1.54, 1.807) is 18.4 Å². The second-order valence-corrected chi connectivity index (χ2v) is 7.09. The van der Waals surface area contributed by atoms with Crippen molar-refractivity contribution in [3.63, 3.8) is 0 Å². The predicted molar refractivity (Wildman–Crippen MR) is 96.6 cm³/mol. The smallest absolute Gasteiger partial charge is 0.412 e. The summed E-state index contributed by atoms with van der Waals surface area (Å²) in [5.41, 5.74) is 3.53. The number of carboxylic acid groups (broad SMARTS) is 1. The monoisotopic (exact) mass is 359 g/mol. The van der Waals surface area contributed by atoms with Gasteiger partial charge < -0.3 is 14.9 Å². The molecule has 1 N–H and O–H groups in total. The molecule has 0 spiro atoms. The topological polar surface area (TPSA) is 71.9 Å². The van der Waals surface area contributed by atoms with E-state index in [0.717, 1.165) is 54.3 Å². The Morgan fingerprint density at radius 3 is 2.85 bits per heavy atom. The molecule has 0 radical (unpaired) electrons. The Labute approximate surface area is 153 Å². The van der Waals surface area contributed by atoms with Gasteiger partial charge in [-0.25, -0.2) is 14.9 Å². The standard InChI is InChI=1S/C18H25N5O3/c1-4-7-20-9-12(2)16(23(18(24)25)13-5-6-13)15-17(20)22-11-21(26-3)10-14(22)8-19-15/h8,10,13H,4-7,9,11H2,1-3H3,(H,24,25). The van der Waals surface area contributed by atoms with E-state index in [4.69, 9.17) is 9.83 Å². The molecule has 0 saturated heterocycles. The van der Waals surface area contributed by atoms with E-state index < -0.39 is 6.09 Å². The number of nitrogens with zero attached hydrogens (tertiary/aromatic N) is 5. The van der Waals surface area contributed by atoms with E-state index in [0.29, 0.717) is 13.2 Å². The molecule has 0 atom stereocenters. The van der Waals surface area contributed by atoms with Crippen molar-refractivity contribution >= 4 is 12.3 Å². The fourth-order valence-electron chi connectivity index (χ4n) is 3.87. The maximum atomic E-state index is 12.0. The Balaban J connectivity index is 1.80. The minimum Gasteiger partial charge on any atom is -0.465 e. The zero-order valence-corrected chi connectivity index (χ0v) is 15.5. The second-order valence-electron chi connectivity index (χ2n) is 7.09. The first-order chi connectivity index (χ1) is 12.5. The van der Waals surface area contributed by atoms with Gasteiger partial charge in [0.1, 0.15) is 18.2 Å². The fourth-order valence-corrected chi connectivity index (χ4v) is 3.87. The molecule has 0 aromatic carbocycles. The molecule has 8 heteroatoms. The summed E-state index contributed by atoms with van der Waals surface area (Å²) >= 11 is 0. The Bertz CT molecular complexity index is 750. The molecule has 1 aliphatic carbocycles. The number of fused-ring (bicyclic) bond motifs is 2. The molecule has 26 heavy (non-hydrogen) atoms. The number of hydrogen-bond acceptors (Lipinski definition) is 6. The highest BCUT2D eigenvalue weighted by Crippen LogP contribution is 2.41. The lowest BCUT2D eigenvalue weighted by Crippen LogP contribution is -2.45. The summed E-state index contributed by atoms with van der Waals surface area (Å²) in [5, 5.41) is 11.6. The molecular weight excluding hydrogens is 334 g/mol. The molecular formula is C18H25N5O3. The summed E-state index contributed by atoms with van der Waals surface area (Å²) in [6.07, 6.45) is 5.66. The van der Waals surface area contributed by atoms with Crippen molar-refractivity contribution in [2.45, 2.75) is 39.2 Å². The maximum Gasteiger partial charge on any atom is 0.412 e. The molecule has 0 bridgehead atoms. The average Bonchev–Trinajstić information content (AvgIpc) is 3.34. The number of rotatable bonds is 5. The van der Waals surface area contributed by atoms with Crippen LogP contribution >= 0.6 is 0 Å². The van der Waals surface area contributed by atoms with Gasteiger partial charge in [0.15, 0.2) is 0 Å². The molecule has 8 nitrogen and oxygen atoms in total. The SMILES string of the molecule is CCCN1CC(C)=C(N(C(=O)O)C2CC2)C2=C1N1CN(OC)C=C1C=N2. The first-order valence-electron chi connectivity index (χ1n) is 9.10. The minimum atomic E-state index is -0.894. The van der Waals surface area contributed by atoms with Gasteiger partial charge in [-0.05, 0) is 31.8 Å². The van der Waals surface area contributed by atoms with Gasteiger partial charge in [-0.1, -0.05) is 6.92 Å². The number of aliphatic imine (C=N–C) groups is 1. The third-order valence-corrected chi connectivity index (χ3v) is 5.11. The lowest BCUT2D eigenvalue weighted by Gasteiger charge is -2.42. The highest BCUT2D eigenvalue weighted by atomic mass is 16.7. The lowest BCUT2D eigenvalue weighted by molar-refractivity contribution is -0.0971. The Hall–Kier alpha value is -2.48. The lowest BCUT2D eigenvalue weighted by atomic mass is 10.0. The largest absolute Gasteiger partial charge is 0.465 e. The van der Waals surface area contributed by atoms with Crippen molar-refractivity contribution in [1.82, 2.24) is 19.8 Å². The first-order valence-corrected chi connectivity index (χ1v) is 9.10. The van der Waals surface area contributed by atoms with E-state index in [1.807, 2.05) is 13.1 Å². The summed E-state index contributed by atoms with van der Waals surface area (Å²) in [6.45, 7) is 6.35. The van der Waals surface area contributed by atoms with Crippen molar-refractivity contribution in [2.24, 2.45) is 4.99 Å². The summed E-state index contributed by atoms with van der Waals surface area (Å²) < 4.78 is 0. The molecule has 3 aliphatic heterocycles. The second kappa shape index (κ2) is 6.35. The van der Waals surface area contributed by atoms with E-state index in [2.05, 4.69) is 16.7 Å². The van der Waals surface area contributed by atoms with Crippen LogP contribution in [0.15, 0.2) is 39.7 Å². The van der Waals surface area contributed by atoms with Crippen LogP contribution in [0.1, 0.15) is 33.1 Å². The molecule has 0 aromatic rings. The average molecular weight is 359 g/mol. The van der Waals surface area contributed by atoms with Gasteiger partial charge in [-0.2, -0.15) is 0 Å². The third kappa shape index (κ3) is 2.65. The molecule has 140 valence electrons. The summed E-state index contributed by atoms with van der Waals surface area (Å²) in [5.74, 6) is 0.979. The first kappa shape index (κ1) is 17.0. The summed E-state index contributed by atoms with van der Waals surface area (Å²) in [7, 11) is 1.64. The van der Waals surface area contributed by atoms with Crippen molar-refractivity contribution < 1.29 is 14.7 Å². The van der Waals surface area contributed by atoms with Crippen LogP contribution in [0.3, 0.4) is 0 Å². The third-order valence-electron chi connectivity index (χ3n) is 5.11. The number of carbonyl (C=O) groups is 1. The van der Waals surface area contributed by atoms with Crippen LogP contribution in [0.25, 0.3) is 0 Å². The van der Waals surface area contributed by atoms with E-state index in [9.17, 15) is 9.90 Å². The Kier molecular flexibility index (Phi) is 4.14. The van der Waals surface area contributed by atoms with Crippen LogP contribution in [0, 0.1) is 0 Å². The number of amides is 1. The van der Waals surface area contributed by atoms with Gasteiger partial charge in [-0.3, -0.25) is 9.74 Å². The highest BCUT2D eigenvalue weighted by Gasteiger charge is 2.42. The fraction of sp³-hybridized carbons (Fsp3) is 0.556. The van der Waals surface area contributed by atoms with Crippen LogP contribution < -0.4 is 0 Å². The van der Waals surface area contributed by atoms with Crippen molar-refractivity contribution in [3.8, 4) is 0 Å². The summed E-state index contributed by atoms with van der Waals surface area (Å²) in [6, 6.07) is 0.0742. The molecule has 4 aliphatic rings. The molecule has 0 unspecified atom stereocenters. The van der Waals surface area contributed by atoms with E-state index in [-0.39, 0.29) is 6.04 Å². The molecule has 1 amide bonds.